The molecule has 1 N–H and O–H groups in total. The Labute approximate surface area is 63.6 Å². The first-order valence-corrected chi connectivity index (χ1v) is 4.34. The summed E-state index contributed by atoms with van der Waals surface area (Å²) in [6, 6.07) is 0.744. The molecule has 0 spiro atoms. The third-order valence-electron chi connectivity index (χ3n) is 2.11. The van der Waals surface area contributed by atoms with E-state index >= 15 is 0 Å². The molecule has 1 aliphatic rings. The van der Waals surface area contributed by atoms with E-state index in [1.165, 1.54) is 32.4 Å². The van der Waals surface area contributed by atoms with Crippen LogP contribution in [0.4, 0.5) is 0 Å². The fourth-order valence-corrected chi connectivity index (χ4v) is 1.47. The first-order valence-electron chi connectivity index (χ1n) is 4.34. The van der Waals surface area contributed by atoms with Crippen LogP contribution in [-0.2, 0) is 0 Å². The van der Waals surface area contributed by atoms with Crippen molar-refractivity contribution in [1.29, 1.82) is 0 Å². The van der Waals surface area contributed by atoms with Crippen molar-refractivity contribution in [2.24, 2.45) is 0 Å². The normalized spacial score (nSPS) is 28.8. The van der Waals surface area contributed by atoms with E-state index in [-0.39, 0.29) is 0 Å². The van der Waals surface area contributed by atoms with Gasteiger partial charge in [-0.2, -0.15) is 0 Å². The number of hydrazine groups is 1. The average Bonchev–Trinajstić information content (AvgIpc) is 1.94. The van der Waals surface area contributed by atoms with Crippen LogP contribution < -0.4 is 5.43 Å². The zero-order valence-corrected chi connectivity index (χ0v) is 7.06. The van der Waals surface area contributed by atoms with Gasteiger partial charge in [0.05, 0.1) is 0 Å². The lowest BCUT2D eigenvalue weighted by molar-refractivity contribution is 0.0951. The maximum Gasteiger partial charge on any atom is 0.0215 e. The van der Waals surface area contributed by atoms with E-state index in [9.17, 15) is 0 Å². The van der Waals surface area contributed by atoms with Gasteiger partial charge in [0.15, 0.2) is 0 Å². The Balaban J connectivity index is 2.25. The van der Waals surface area contributed by atoms with E-state index in [2.05, 4.69) is 24.3 Å². The van der Waals surface area contributed by atoms with E-state index < -0.39 is 0 Å². The van der Waals surface area contributed by atoms with Gasteiger partial charge in [-0.05, 0) is 26.2 Å². The highest BCUT2D eigenvalue weighted by Gasteiger charge is 2.15. The molecule has 1 rings (SSSR count). The third-order valence-corrected chi connectivity index (χ3v) is 2.11. The van der Waals surface area contributed by atoms with Crippen molar-refractivity contribution in [2.45, 2.75) is 39.2 Å². The van der Waals surface area contributed by atoms with Crippen molar-refractivity contribution in [3.05, 3.63) is 0 Å². The smallest absolute Gasteiger partial charge is 0.0215 e. The number of hydrogen-bond acceptors (Lipinski definition) is 2. The molecule has 0 aromatic carbocycles. The highest BCUT2D eigenvalue weighted by Crippen LogP contribution is 2.08. The molecule has 0 amide bonds. The fourth-order valence-electron chi connectivity index (χ4n) is 1.47. The Morgan fingerprint density at radius 3 is 3.00 bits per heavy atom. The van der Waals surface area contributed by atoms with Gasteiger partial charge in [0.1, 0.15) is 0 Å². The minimum absolute atomic E-state index is 0.744. The van der Waals surface area contributed by atoms with Gasteiger partial charge in [0, 0.05) is 19.1 Å². The average molecular weight is 142 g/mol. The molecule has 0 aromatic rings. The largest absolute Gasteiger partial charge is 0.255 e. The first-order chi connectivity index (χ1) is 4.84. The maximum absolute atomic E-state index is 3.40. The molecule has 1 aliphatic heterocycles. The quantitative estimate of drug-likeness (QED) is 0.626. The molecule has 2 heteroatoms. The lowest BCUT2D eigenvalue weighted by Gasteiger charge is -2.33. The topological polar surface area (TPSA) is 15.3 Å². The van der Waals surface area contributed by atoms with Crippen LogP contribution in [0.5, 0.6) is 0 Å². The Morgan fingerprint density at radius 2 is 2.40 bits per heavy atom. The van der Waals surface area contributed by atoms with Gasteiger partial charge in [-0.25, -0.2) is 5.01 Å². The summed E-state index contributed by atoms with van der Waals surface area (Å²) in [6.45, 7) is 6.89. The standard InChI is InChI=1S/C8H18N2/c1-3-7-10-8(2)5-4-6-9-10/h8-9H,3-7H2,1-2H3. The molecule has 0 bridgehead atoms. The molecular weight excluding hydrogens is 124 g/mol. The molecule has 0 aliphatic carbocycles. The van der Waals surface area contributed by atoms with E-state index in [0.29, 0.717) is 0 Å². The van der Waals surface area contributed by atoms with Gasteiger partial charge in [-0.1, -0.05) is 6.92 Å². The van der Waals surface area contributed by atoms with Crippen LogP contribution in [0, 0.1) is 0 Å². The van der Waals surface area contributed by atoms with Crippen molar-refractivity contribution in [2.75, 3.05) is 13.1 Å². The van der Waals surface area contributed by atoms with Gasteiger partial charge in [0.2, 0.25) is 0 Å². The molecule has 1 saturated heterocycles. The third kappa shape index (κ3) is 1.96. The summed E-state index contributed by atoms with van der Waals surface area (Å²) in [5.74, 6) is 0. The van der Waals surface area contributed by atoms with Crippen molar-refractivity contribution < 1.29 is 0 Å². The SMILES string of the molecule is CCCN1NCCCC1C. The molecule has 0 radical (unpaired) electrons. The van der Waals surface area contributed by atoms with Crippen molar-refractivity contribution in [1.82, 2.24) is 10.4 Å². The molecule has 1 unspecified atom stereocenters. The van der Waals surface area contributed by atoms with Crippen molar-refractivity contribution in [3.8, 4) is 0 Å². The zero-order valence-electron chi connectivity index (χ0n) is 7.06. The second-order valence-corrected chi connectivity index (χ2v) is 3.09. The number of nitrogens with zero attached hydrogens (tertiary/aromatic N) is 1. The highest BCUT2D eigenvalue weighted by atomic mass is 15.5. The van der Waals surface area contributed by atoms with Crippen molar-refractivity contribution in [3.63, 3.8) is 0 Å². The van der Waals surface area contributed by atoms with Gasteiger partial charge in [0.25, 0.3) is 0 Å². The van der Waals surface area contributed by atoms with Crippen LogP contribution in [0.15, 0.2) is 0 Å². The maximum atomic E-state index is 3.40. The zero-order chi connectivity index (χ0) is 7.40. The first kappa shape index (κ1) is 8.02. The molecule has 1 fully saturated rings. The van der Waals surface area contributed by atoms with Crippen LogP contribution >= 0.6 is 0 Å². The summed E-state index contributed by atoms with van der Waals surface area (Å²) in [4.78, 5) is 0. The molecule has 2 nitrogen and oxygen atoms in total. The number of hydrogen-bond donors (Lipinski definition) is 1. The molecule has 60 valence electrons. The molecular formula is C8H18N2. The summed E-state index contributed by atoms with van der Waals surface area (Å²) < 4.78 is 0. The van der Waals surface area contributed by atoms with Crippen LogP contribution in [0.3, 0.4) is 0 Å². The van der Waals surface area contributed by atoms with Gasteiger partial charge in [-0.15, -0.1) is 0 Å². The molecule has 1 atom stereocenters. The minimum Gasteiger partial charge on any atom is -0.255 e. The summed E-state index contributed by atoms with van der Waals surface area (Å²) in [5, 5.41) is 2.36. The Morgan fingerprint density at radius 1 is 1.60 bits per heavy atom. The molecule has 0 aromatic heterocycles. The molecule has 1 heterocycles. The second-order valence-electron chi connectivity index (χ2n) is 3.09. The Bertz CT molecular complexity index is 91.3. The Kier molecular flexibility index (Phi) is 3.16. The van der Waals surface area contributed by atoms with Gasteiger partial charge in [-0.3, -0.25) is 5.43 Å². The van der Waals surface area contributed by atoms with Crippen molar-refractivity contribution >= 4 is 0 Å². The fraction of sp³-hybridized carbons (Fsp3) is 1.00. The van der Waals surface area contributed by atoms with Crippen LogP contribution in [0.1, 0.15) is 33.1 Å². The van der Waals surface area contributed by atoms with E-state index in [1.807, 2.05) is 0 Å². The van der Waals surface area contributed by atoms with Crippen LogP contribution in [0.2, 0.25) is 0 Å². The number of rotatable bonds is 2. The van der Waals surface area contributed by atoms with Gasteiger partial charge >= 0.3 is 0 Å². The highest BCUT2D eigenvalue weighted by molar-refractivity contribution is 4.68. The van der Waals surface area contributed by atoms with E-state index in [0.717, 1.165) is 6.04 Å². The van der Waals surface area contributed by atoms with Crippen LogP contribution in [-0.4, -0.2) is 24.1 Å². The monoisotopic (exact) mass is 142 g/mol. The predicted molar refractivity (Wildman–Crippen MR) is 43.7 cm³/mol. The minimum atomic E-state index is 0.744. The second kappa shape index (κ2) is 3.94. The summed E-state index contributed by atoms with van der Waals surface area (Å²) in [7, 11) is 0. The number of nitrogens with one attached hydrogen (secondary N) is 1. The van der Waals surface area contributed by atoms with Crippen LogP contribution in [0.25, 0.3) is 0 Å². The predicted octanol–water partition coefficient (Wildman–Crippen LogP) is 1.39. The summed E-state index contributed by atoms with van der Waals surface area (Å²) in [5.41, 5.74) is 3.40. The summed E-state index contributed by atoms with van der Waals surface area (Å²) in [6.07, 6.45) is 3.94. The molecule has 0 saturated carbocycles. The van der Waals surface area contributed by atoms with E-state index in [1.54, 1.807) is 0 Å². The lowest BCUT2D eigenvalue weighted by atomic mass is 10.1. The lowest BCUT2D eigenvalue weighted by Crippen LogP contribution is -2.48. The van der Waals surface area contributed by atoms with Gasteiger partial charge < -0.3 is 0 Å². The summed E-state index contributed by atoms with van der Waals surface area (Å²) >= 11 is 0. The molecule has 10 heavy (non-hydrogen) atoms. The Hall–Kier alpha value is -0.0800. The van der Waals surface area contributed by atoms with E-state index in [4.69, 9.17) is 0 Å².